The van der Waals surface area contributed by atoms with Gasteiger partial charge in [0, 0.05) is 10.9 Å². The Bertz CT molecular complexity index is 883. The van der Waals surface area contributed by atoms with E-state index in [-0.39, 0.29) is 11.9 Å². The van der Waals surface area contributed by atoms with Crippen molar-refractivity contribution < 1.29 is 18.7 Å². The normalized spacial score (nSPS) is 12.0. The fraction of sp³-hybridized carbons (Fsp3) is 0.286. The molecule has 0 aliphatic heterocycles. The number of furan rings is 1. The third-order valence-electron chi connectivity index (χ3n) is 4.03. The molecule has 26 heavy (non-hydrogen) atoms. The Morgan fingerprint density at radius 2 is 1.81 bits per heavy atom. The van der Waals surface area contributed by atoms with Crippen molar-refractivity contribution >= 4 is 16.9 Å². The fourth-order valence-corrected chi connectivity index (χ4v) is 2.76. The second-order valence-electron chi connectivity index (χ2n) is 5.91. The summed E-state index contributed by atoms with van der Waals surface area (Å²) in [6, 6.07) is 14.5. The van der Waals surface area contributed by atoms with Crippen LogP contribution in [0.5, 0.6) is 11.5 Å². The van der Waals surface area contributed by atoms with Crippen LogP contribution in [-0.4, -0.2) is 19.1 Å². The summed E-state index contributed by atoms with van der Waals surface area (Å²) in [5, 5.41) is 3.91. The Balaban J connectivity index is 1.74. The fourth-order valence-electron chi connectivity index (χ4n) is 2.76. The predicted octanol–water partition coefficient (Wildman–Crippen LogP) is 4.72. The molecular formula is C21H23NO4. The molecule has 3 rings (SSSR count). The monoisotopic (exact) mass is 353 g/mol. The first-order chi connectivity index (χ1) is 12.6. The number of nitrogens with one attached hydrogen (secondary N) is 1. The van der Waals surface area contributed by atoms with Crippen molar-refractivity contribution in [3.05, 3.63) is 59.9 Å². The molecule has 1 atom stereocenters. The van der Waals surface area contributed by atoms with Crippen LogP contribution < -0.4 is 14.8 Å². The molecule has 5 heteroatoms. The van der Waals surface area contributed by atoms with Crippen molar-refractivity contribution in [2.75, 3.05) is 13.2 Å². The van der Waals surface area contributed by atoms with Crippen LogP contribution in [0.25, 0.3) is 11.0 Å². The van der Waals surface area contributed by atoms with Gasteiger partial charge in [0.1, 0.15) is 11.5 Å². The van der Waals surface area contributed by atoms with Crippen LogP contribution in [0.3, 0.4) is 0 Å². The molecule has 0 spiro atoms. The predicted molar refractivity (Wildman–Crippen MR) is 101 cm³/mol. The molecule has 2 aromatic carbocycles. The molecule has 5 nitrogen and oxygen atoms in total. The molecule has 1 unspecified atom stereocenters. The molecule has 0 bridgehead atoms. The van der Waals surface area contributed by atoms with E-state index in [2.05, 4.69) is 5.32 Å². The highest BCUT2D eigenvalue weighted by Crippen LogP contribution is 2.31. The number of carbonyl (C=O) groups excluding carboxylic acids is 1. The molecule has 0 radical (unpaired) electrons. The molecule has 0 aliphatic rings. The summed E-state index contributed by atoms with van der Waals surface area (Å²) in [5.74, 6) is 1.98. The Morgan fingerprint density at radius 1 is 1.08 bits per heavy atom. The van der Waals surface area contributed by atoms with Crippen molar-refractivity contribution in [2.24, 2.45) is 0 Å². The van der Waals surface area contributed by atoms with E-state index in [9.17, 15) is 4.79 Å². The van der Waals surface area contributed by atoms with Crippen LogP contribution in [0.15, 0.2) is 52.9 Å². The van der Waals surface area contributed by atoms with Crippen LogP contribution in [0.2, 0.25) is 0 Å². The van der Waals surface area contributed by atoms with E-state index >= 15 is 0 Å². The average Bonchev–Trinajstić information content (AvgIpc) is 3.08. The van der Waals surface area contributed by atoms with E-state index in [1.54, 1.807) is 24.3 Å². The summed E-state index contributed by atoms with van der Waals surface area (Å²) in [6.45, 7) is 6.91. The molecule has 1 heterocycles. The summed E-state index contributed by atoms with van der Waals surface area (Å²) in [7, 11) is 0. The molecule has 0 fully saturated rings. The number of carbonyl (C=O) groups is 1. The van der Waals surface area contributed by atoms with Crippen molar-refractivity contribution in [1.82, 2.24) is 5.32 Å². The zero-order chi connectivity index (χ0) is 18.5. The van der Waals surface area contributed by atoms with Gasteiger partial charge in [-0.25, -0.2) is 0 Å². The smallest absolute Gasteiger partial charge is 0.251 e. The number of para-hydroxylation sites is 1. The number of rotatable bonds is 7. The highest BCUT2D eigenvalue weighted by Gasteiger charge is 2.17. The third kappa shape index (κ3) is 3.82. The van der Waals surface area contributed by atoms with E-state index in [0.29, 0.717) is 35.9 Å². The summed E-state index contributed by atoms with van der Waals surface area (Å²) in [5.41, 5.74) is 1.28. The lowest BCUT2D eigenvalue weighted by Gasteiger charge is -2.12. The first kappa shape index (κ1) is 17.9. The van der Waals surface area contributed by atoms with Crippen LogP contribution >= 0.6 is 0 Å². The van der Waals surface area contributed by atoms with Gasteiger partial charge in [0.25, 0.3) is 5.91 Å². The van der Waals surface area contributed by atoms with E-state index in [1.165, 1.54) is 0 Å². The summed E-state index contributed by atoms with van der Waals surface area (Å²) >= 11 is 0. The highest BCUT2D eigenvalue weighted by molar-refractivity contribution is 5.94. The van der Waals surface area contributed by atoms with E-state index < -0.39 is 0 Å². The zero-order valence-corrected chi connectivity index (χ0v) is 15.2. The molecule has 0 saturated carbocycles. The molecule has 3 aromatic rings. The van der Waals surface area contributed by atoms with Gasteiger partial charge in [0.15, 0.2) is 11.3 Å². The van der Waals surface area contributed by atoms with Crippen LogP contribution in [-0.2, 0) is 0 Å². The minimum atomic E-state index is -0.268. The average molecular weight is 353 g/mol. The maximum absolute atomic E-state index is 12.5. The lowest BCUT2D eigenvalue weighted by Crippen LogP contribution is -2.26. The molecule has 1 N–H and O–H groups in total. The van der Waals surface area contributed by atoms with Gasteiger partial charge in [-0.2, -0.15) is 0 Å². The summed E-state index contributed by atoms with van der Waals surface area (Å²) in [4.78, 5) is 12.5. The Kier molecular flexibility index (Phi) is 5.46. The van der Waals surface area contributed by atoms with Crippen LogP contribution in [0.1, 0.15) is 42.9 Å². The van der Waals surface area contributed by atoms with E-state index in [0.717, 1.165) is 11.1 Å². The van der Waals surface area contributed by atoms with Crippen LogP contribution in [0.4, 0.5) is 0 Å². The largest absolute Gasteiger partial charge is 0.494 e. The van der Waals surface area contributed by atoms with Gasteiger partial charge in [-0.1, -0.05) is 12.1 Å². The Morgan fingerprint density at radius 3 is 2.50 bits per heavy atom. The second kappa shape index (κ2) is 7.95. The van der Waals surface area contributed by atoms with Gasteiger partial charge in [-0.05, 0) is 57.2 Å². The van der Waals surface area contributed by atoms with E-state index in [1.807, 2.05) is 45.0 Å². The molecule has 136 valence electrons. The maximum Gasteiger partial charge on any atom is 0.251 e. The van der Waals surface area contributed by atoms with E-state index in [4.69, 9.17) is 13.9 Å². The number of amides is 1. The lowest BCUT2D eigenvalue weighted by atomic mass is 10.1. The number of hydrogen-bond acceptors (Lipinski definition) is 4. The van der Waals surface area contributed by atoms with Gasteiger partial charge in [-0.15, -0.1) is 0 Å². The van der Waals surface area contributed by atoms with Crippen LogP contribution in [0, 0.1) is 0 Å². The zero-order valence-electron chi connectivity index (χ0n) is 15.2. The summed E-state index contributed by atoms with van der Waals surface area (Å²) in [6.07, 6.45) is 0. The molecular weight excluding hydrogens is 330 g/mol. The first-order valence-corrected chi connectivity index (χ1v) is 8.81. The minimum Gasteiger partial charge on any atom is -0.494 e. The second-order valence-corrected chi connectivity index (χ2v) is 5.91. The number of fused-ring (bicyclic) bond motifs is 1. The first-order valence-electron chi connectivity index (χ1n) is 8.81. The SMILES string of the molecule is CCOc1ccc(C(=O)NC(C)c2cc3cccc(OCC)c3o2)cc1. The van der Waals surface area contributed by atoms with Crippen molar-refractivity contribution in [3.8, 4) is 11.5 Å². The van der Waals surface area contributed by atoms with Gasteiger partial charge in [0.05, 0.1) is 19.3 Å². The third-order valence-corrected chi connectivity index (χ3v) is 4.03. The Labute approximate surface area is 152 Å². The standard InChI is InChI=1S/C21H23NO4/c1-4-24-17-11-9-15(10-12-17)21(23)22-14(3)19-13-16-7-6-8-18(25-5-2)20(16)26-19/h6-14H,4-5H2,1-3H3,(H,22,23). The quantitative estimate of drug-likeness (QED) is 0.667. The Hall–Kier alpha value is -2.95. The lowest BCUT2D eigenvalue weighted by molar-refractivity contribution is 0.0935. The van der Waals surface area contributed by atoms with Gasteiger partial charge in [-0.3, -0.25) is 4.79 Å². The number of ether oxygens (including phenoxy) is 2. The van der Waals surface area contributed by atoms with Gasteiger partial charge in [0.2, 0.25) is 0 Å². The molecule has 1 amide bonds. The topological polar surface area (TPSA) is 60.7 Å². The van der Waals surface area contributed by atoms with Crippen molar-refractivity contribution in [2.45, 2.75) is 26.8 Å². The van der Waals surface area contributed by atoms with Gasteiger partial charge < -0.3 is 19.2 Å². The summed E-state index contributed by atoms with van der Waals surface area (Å²) < 4.78 is 16.9. The molecule has 0 saturated heterocycles. The molecule has 1 aromatic heterocycles. The highest BCUT2D eigenvalue weighted by atomic mass is 16.5. The van der Waals surface area contributed by atoms with Gasteiger partial charge >= 0.3 is 0 Å². The minimum absolute atomic E-state index is 0.161. The van der Waals surface area contributed by atoms with Crippen molar-refractivity contribution in [3.63, 3.8) is 0 Å². The number of benzene rings is 2. The maximum atomic E-state index is 12.5. The number of hydrogen-bond donors (Lipinski definition) is 1. The molecule has 0 aliphatic carbocycles. The van der Waals surface area contributed by atoms with Crippen molar-refractivity contribution in [1.29, 1.82) is 0 Å².